The van der Waals surface area contributed by atoms with Gasteiger partial charge in [0.15, 0.2) is 5.78 Å². The second-order valence-electron chi connectivity index (χ2n) is 4.05. The van der Waals surface area contributed by atoms with Crippen molar-refractivity contribution in [2.75, 3.05) is 0 Å². The molecule has 0 atom stereocenters. The van der Waals surface area contributed by atoms with Crippen LogP contribution in [0.4, 0.5) is 4.39 Å². The van der Waals surface area contributed by atoms with Crippen molar-refractivity contribution in [3.63, 3.8) is 0 Å². The number of hydrogen-bond acceptors (Lipinski definition) is 2. The first-order valence-corrected chi connectivity index (χ1v) is 5.45. The highest BCUT2D eigenvalue weighted by atomic mass is 19.1. The molecule has 0 aliphatic carbocycles. The van der Waals surface area contributed by atoms with Gasteiger partial charge in [0.1, 0.15) is 5.82 Å². The van der Waals surface area contributed by atoms with Crippen LogP contribution in [0.15, 0.2) is 36.7 Å². The number of nitriles is 1. The molecule has 90 valence electrons. The Morgan fingerprint density at radius 1 is 1.44 bits per heavy atom. The summed E-state index contributed by atoms with van der Waals surface area (Å²) in [7, 11) is 0. The molecule has 1 aromatic heterocycles. The molecule has 18 heavy (non-hydrogen) atoms. The van der Waals surface area contributed by atoms with E-state index in [1.165, 1.54) is 13.0 Å². The predicted molar refractivity (Wildman–Crippen MR) is 64.7 cm³/mol. The van der Waals surface area contributed by atoms with Crippen LogP contribution in [0.1, 0.15) is 28.4 Å². The fourth-order valence-corrected chi connectivity index (χ4v) is 1.69. The first-order valence-electron chi connectivity index (χ1n) is 5.45. The van der Waals surface area contributed by atoms with E-state index >= 15 is 0 Å². The Balaban J connectivity index is 2.23. The highest BCUT2D eigenvalue weighted by Crippen LogP contribution is 2.13. The fourth-order valence-electron chi connectivity index (χ4n) is 1.69. The molecule has 0 spiro atoms. The molecule has 0 fully saturated rings. The third-order valence-corrected chi connectivity index (χ3v) is 2.69. The van der Waals surface area contributed by atoms with Crippen LogP contribution >= 0.6 is 0 Å². The molecule has 0 bridgehead atoms. The largest absolute Gasteiger partial charge is 0.349 e. The number of ketones is 1. The molecule has 0 saturated heterocycles. The normalized spacial score (nSPS) is 10.1. The summed E-state index contributed by atoms with van der Waals surface area (Å²) in [6.45, 7) is 1.83. The van der Waals surface area contributed by atoms with E-state index in [4.69, 9.17) is 5.26 Å². The molecule has 0 N–H and O–H groups in total. The lowest BCUT2D eigenvalue weighted by Crippen LogP contribution is -2.00. The summed E-state index contributed by atoms with van der Waals surface area (Å²) in [4.78, 5) is 11.1. The van der Waals surface area contributed by atoms with Crippen LogP contribution in [-0.2, 0) is 6.54 Å². The van der Waals surface area contributed by atoms with Crippen LogP contribution in [0, 0.1) is 17.1 Å². The van der Waals surface area contributed by atoms with Crippen LogP contribution in [-0.4, -0.2) is 10.4 Å². The molecule has 3 nitrogen and oxygen atoms in total. The van der Waals surface area contributed by atoms with E-state index in [0.717, 1.165) is 0 Å². The van der Waals surface area contributed by atoms with E-state index in [9.17, 15) is 9.18 Å². The van der Waals surface area contributed by atoms with E-state index in [1.807, 2.05) is 6.07 Å². The number of rotatable bonds is 3. The number of Topliss-reactive ketones (excluding diaryl/α,β-unsaturated/α-hetero) is 1. The van der Waals surface area contributed by atoms with Gasteiger partial charge in [-0.05, 0) is 25.1 Å². The number of carbonyl (C=O) groups is 1. The van der Waals surface area contributed by atoms with Gasteiger partial charge in [0.05, 0.1) is 11.6 Å². The molecule has 0 unspecified atom stereocenters. The van der Waals surface area contributed by atoms with Crippen molar-refractivity contribution in [3.05, 3.63) is 59.2 Å². The highest BCUT2D eigenvalue weighted by Gasteiger charge is 2.06. The third-order valence-electron chi connectivity index (χ3n) is 2.69. The minimum Gasteiger partial charge on any atom is -0.349 e. The van der Waals surface area contributed by atoms with Crippen LogP contribution in [0.3, 0.4) is 0 Å². The zero-order valence-corrected chi connectivity index (χ0v) is 9.85. The predicted octanol–water partition coefficient (Wildman–Crippen LogP) is 2.75. The molecule has 0 radical (unpaired) electrons. The lowest BCUT2D eigenvalue weighted by Gasteiger charge is -2.04. The Morgan fingerprint density at radius 3 is 2.78 bits per heavy atom. The van der Waals surface area contributed by atoms with Gasteiger partial charge in [0.25, 0.3) is 0 Å². The van der Waals surface area contributed by atoms with Crippen LogP contribution in [0.5, 0.6) is 0 Å². The van der Waals surface area contributed by atoms with E-state index in [0.29, 0.717) is 23.2 Å². The zero-order chi connectivity index (χ0) is 13.1. The maximum Gasteiger partial charge on any atom is 0.161 e. The topological polar surface area (TPSA) is 45.8 Å². The van der Waals surface area contributed by atoms with Crippen molar-refractivity contribution in [2.45, 2.75) is 13.5 Å². The quantitative estimate of drug-likeness (QED) is 0.777. The summed E-state index contributed by atoms with van der Waals surface area (Å²) >= 11 is 0. The van der Waals surface area contributed by atoms with Crippen molar-refractivity contribution in [2.24, 2.45) is 0 Å². The summed E-state index contributed by atoms with van der Waals surface area (Å²) in [5.74, 6) is -0.429. The monoisotopic (exact) mass is 242 g/mol. The lowest BCUT2D eigenvalue weighted by atomic mass is 10.1. The molecule has 0 amide bonds. The second kappa shape index (κ2) is 4.84. The van der Waals surface area contributed by atoms with Gasteiger partial charge in [0, 0.05) is 30.1 Å². The molecular weight excluding hydrogens is 231 g/mol. The average Bonchev–Trinajstić information content (AvgIpc) is 2.80. The molecule has 0 aliphatic rings. The van der Waals surface area contributed by atoms with Gasteiger partial charge in [-0.25, -0.2) is 4.39 Å². The zero-order valence-electron chi connectivity index (χ0n) is 9.85. The molecule has 2 aromatic rings. The molecule has 1 heterocycles. The van der Waals surface area contributed by atoms with Crippen LogP contribution < -0.4 is 0 Å². The second-order valence-corrected chi connectivity index (χ2v) is 4.05. The molecule has 2 rings (SSSR count). The van der Waals surface area contributed by atoms with Gasteiger partial charge in [-0.1, -0.05) is 6.07 Å². The van der Waals surface area contributed by atoms with Gasteiger partial charge >= 0.3 is 0 Å². The van der Waals surface area contributed by atoms with Crippen LogP contribution in [0.2, 0.25) is 0 Å². The maximum atomic E-state index is 13.7. The molecule has 0 aliphatic heterocycles. The van der Waals surface area contributed by atoms with Gasteiger partial charge in [0.2, 0.25) is 0 Å². The Bertz CT molecular complexity index is 637. The first kappa shape index (κ1) is 12.1. The summed E-state index contributed by atoms with van der Waals surface area (Å²) in [5.41, 5.74) is 1.39. The third kappa shape index (κ3) is 2.46. The summed E-state index contributed by atoms with van der Waals surface area (Å²) in [5, 5.41) is 8.65. The number of aromatic nitrogens is 1. The molecule has 1 aromatic carbocycles. The maximum absolute atomic E-state index is 13.7. The van der Waals surface area contributed by atoms with E-state index < -0.39 is 5.82 Å². The van der Waals surface area contributed by atoms with Gasteiger partial charge < -0.3 is 4.57 Å². The minimum atomic E-state index is -0.410. The summed E-state index contributed by atoms with van der Waals surface area (Å²) in [6.07, 6.45) is 3.41. The molecular formula is C14H11FN2O. The Morgan fingerprint density at radius 2 is 2.22 bits per heavy atom. The van der Waals surface area contributed by atoms with Gasteiger partial charge in [-0.3, -0.25) is 4.79 Å². The smallest absolute Gasteiger partial charge is 0.161 e. The fraction of sp³-hybridized carbons (Fsp3) is 0.143. The molecule has 4 heteroatoms. The van der Waals surface area contributed by atoms with Crippen molar-refractivity contribution in [1.82, 2.24) is 4.57 Å². The number of carbonyl (C=O) groups excluding carboxylic acids is 1. The standard InChI is InChI=1S/C14H11FN2O/c1-10(18)12-4-5-17(8-12)9-13-3-2-11(7-16)6-14(13)15/h2-6,8H,9H2,1H3. The van der Waals surface area contributed by atoms with Gasteiger partial charge in [-0.15, -0.1) is 0 Å². The van der Waals surface area contributed by atoms with E-state index in [-0.39, 0.29) is 5.78 Å². The van der Waals surface area contributed by atoms with Crippen molar-refractivity contribution >= 4 is 5.78 Å². The van der Waals surface area contributed by atoms with Crippen molar-refractivity contribution < 1.29 is 9.18 Å². The van der Waals surface area contributed by atoms with Gasteiger partial charge in [-0.2, -0.15) is 5.26 Å². The number of nitrogens with zero attached hydrogens (tertiary/aromatic N) is 2. The number of halogens is 1. The van der Waals surface area contributed by atoms with E-state index in [2.05, 4.69) is 0 Å². The molecule has 0 saturated carbocycles. The Labute approximate surface area is 104 Å². The highest BCUT2D eigenvalue weighted by molar-refractivity contribution is 5.93. The Hall–Kier alpha value is -2.41. The minimum absolute atomic E-state index is 0.0194. The van der Waals surface area contributed by atoms with E-state index in [1.54, 1.807) is 35.2 Å². The summed E-state index contributed by atoms with van der Waals surface area (Å²) < 4.78 is 15.4. The lowest BCUT2D eigenvalue weighted by molar-refractivity contribution is 0.101. The first-order chi connectivity index (χ1) is 8.60. The number of benzene rings is 1. The SMILES string of the molecule is CC(=O)c1ccn(Cc2ccc(C#N)cc2F)c1. The van der Waals surface area contributed by atoms with Crippen molar-refractivity contribution in [3.8, 4) is 6.07 Å². The Kier molecular flexibility index (Phi) is 3.24. The van der Waals surface area contributed by atoms with Crippen molar-refractivity contribution in [1.29, 1.82) is 5.26 Å². The number of hydrogen-bond donors (Lipinski definition) is 0. The average molecular weight is 242 g/mol. The van der Waals surface area contributed by atoms with Crippen LogP contribution in [0.25, 0.3) is 0 Å². The summed E-state index contributed by atoms with van der Waals surface area (Å²) in [6, 6.07) is 7.96.